The van der Waals surface area contributed by atoms with Crippen molar-refractivity contribution in [1.29, 1.82) is 0 Å². The summed E-state index contributed by atoms with van der Waals surface area (Å²) < 4.78 is 6.98. The first-order valence-corrected chi connectivity index (χ1v) is 8.88. The number of carbonyl (C=O) groups excluding carboxylic acids is 1. The van der Waals surface area contributed by atoms with Crippen LogP contribution in [0, 0.1) is 6.92 Å². The number of hydrogen-bond acceptors (Lipinski definition) is 5. The quantitative estimate of drug-likeness (QED) is 0.594. The Bertz CT molecular complexity index is 1080. The number of aromatic nitrogens is 3. The minimum atomic E-state index is -0.215. The molecule has 7 heteroatoms. The topological polar surface area (TPSA) is 68.5 Å². The molecule has 26 heavy (non-hydrogen) atoms. The average Bonchev–Trinajstić information content (AvgIpc) is 3.22. The highest BCUT2D eigenvalue weighted by atomic mass is 32.1. The Morgan fingerprint density at radius 2 is 1.96 bits per heavy atom. The third-order valence-corrected chi connectivity index (χ3v) is 4.80. The van der Waals surface area contributed by atoms with Crippen LogP contribution < -0.4 is 10.1 Å². The minimum Gasteiger partial charge on any atom is -0.497 e. The molecule has 0 saturated heterocycles. The normalized spacial score (nSPS) is 10.8. The van der Waals surface area contributed by atoms with Gasteiger partial charge in [-0.1, -0.05) is 6.07 Å². The maximum atomic E-state index is 12.6. The number of thiazole rings is 1. The Morgan fingerprint density at radius 1 is 1.15 bits per heavy atom. The smallest absolute Gasteiger partial charge is 0.274 e. The number of amides is 1. The molecule has 4 rings (SSSR count). The van der Waals surface area contributed by atoms with Crippen LogP contribution in [0.3, 0.4) is 0 Å². The first-order valence-electron chi connectivity index (χ1n) is 8.00. The second kappa shape index (κ2) is 6.61. The number of fused-ring (bicyclic) bond motifs is 1. The zero-order valence-electron chi connectivity index (χ0n) is 14.3. The second-order valence-corrected chi connectivity index (χ2v) is 6.58. The zero-order valence-corrected chi connectivity index (χ0v) is 15.1. The maximum Gasteiger partial charge on any atom is 0.274 e. The number of ether oxygens (including phenoxy) is 1. The van der Waals surface area contributed by atoms with Crippen LogP contribution in [0.1, 0.15) is 16.2 Å². The minimum absolute atomic E-state index is 0.215. The average molecular weight is 364 g/mol. The first kappa shape index (κ1) is 16.3. The molecule has 3 aromatic heterocycles. The summed E-state index contributed by atoms with van der Waals surface area (Å²) in [5, 5.41) is 4.63. The summed E-state index contributed by atoms with van der Waals surface area (Å²) in [6, 6.07) is 13.2. The van der Waals surface area contributed by atoms with E-state index < -0.39 is 0 Å². The molecule has 1 amide bonds. The predicted octanol–water partition coefficient (Wildman–Crippen LogP) is 4.03. The van der Waals surface area contributed by atoms with E-state index >= 15 is 0 Å². The summed E-state index contributed by atoms with van der Waals surface area (Å²) in [5.41, 5.74) is 3.15. The Kier molecular flexibility index (Phi) is 4.14. The van der Waals surface area contributed by atoms with E-state index in [2.05, 4.69) is 15.3 Å². The number of pyridine rings is 1. The van der Waals surface area contributed by atoms with Crippen LogP contribution in [-0.4, -0.2) is 27.4 Å². The Hall–Kier alpha value is -3.19. The van der Waals surface area contributed by atoms with E-state index in [9.17, 15) is 4.79 Å². The molecule has 3 heterocycles. The maximum absolute atomic E-state index is 12.6. The highest BCUT2D eigenvalue weighted by Gasteiger charge is 2.16. The molecule has 1 N–H and O–H groups in total. The van der Waals surface area contributed by atoms with E-state index in [1.54, 1.807) is 23.0 Å². The molecule has 0 bridgehead atoms. The van der Waals surface area contributed by atoms with Gasteiger partial charge in [-0.25, -0.2) is 9.97 Å². The molecule has 0 atom stereocenters. The van der Waals surface area contributed by atoms with Gasteiger partial charge in [0.25, 0.3) is 5.91 Å². The van der Waals surface area contributed by atoms with Gasteiger partial charge in [0.15, 0.2) is 4.96 Å². The summed E-state index contributed by atoms with van der Waals surface area (Å²) in [4.78, 5) is 22.3. The van der Waals surface area contributed by atoms with Gasteiger partial charge in [-0.3, -0.25) is 9.20 Å². The van der Waals surface area contributed by atoms with E-state index in [0.717, 1.165) is 27.7 Å². The Morgan fingerprint density at radius 3 is 2.69 bits per heavy atom. The van der Waals surface area contributed by atoms with Gasteiger partial charge in [-0.2, -0.15) is 0 Å². The number of methoxy groups -OCH3 is 1. The molecular weight excluding hydrogens is 348 g/mol. The first-order chi connectivity index (χ1) is 12.6. The summed E-state index contributed by atoms with van der Waals surface area (Å²) in [6.45, 7) is 1.88. The molecule has 0 unspecified atom stereocenters. The summed E-state index contributed by atoms with van der Waals surface area (Å²) in [6.07, 6.45) is 1.87. The van der Waals surface area contributed by atoms with Crippen LogP contribution in [-0.2, 0) is 0 Å². The predicted molar refractivity (Wildman–Crippen MR) is 102 cm³/mol. The number of nitrogens with one attached hydrogen (secondary N) is 1. The van der Waals surface area contributed by atoms with Crippen molar-refractivity contribution in [1.82, 2.24) is 14.4 Å². The van der Waals surface area contributed by atoms with E-state index in [0.29, 0.717) is 11.5 Å². The van der Waals surface area contributed by atoms with Crippen LogP contribution in [0.25, 0.3) is 16.2 Å². The third-order valence-electron chi connectivity index (χ3n) is 3.96. The van der Waals surface area contributed by atoms with Crippen LogP contribution in [0.4, 0.5) is 5.82 Å². The number of rotatable bonds is 4. The number of hydrogen-bond donors (Lipinski definition) is 1. The number of aryl methyl sites for hydroxylation is 1. The number of anilines is 1. The van der Waals surface area contributed by atoms with Crippen molar-refractivity contribution in [3.8, 4) is 17.0 Å². The molecule has 0 saturated carbocycles. The van der Waals surface area contributed by atoms with Crippen molar-refractivity contribution in [2.45, 2.75) is 6.92 Å². The number of nitrogens with zero attached hydrogens (tertiary/aromatic N) is 3. The van der Waals surface area contributed by atoms with Crippen LogP contribution in [0.15, 0.2) is 54.0 Å². The SMILES string of the molecule is COc1ccc(-c2cn3c(C(=O)Nc4cccc(C)n4)csc3n2)cc1. The summed E-state index contributed by atoms with van der Waals surface area (Å²) in [5.74, 6) is 1.11. The molecule has 4 aromatic rings. The number of carbonyl (C=O) groups is 1. The van der Waals surface area contributed by atoms with Gasteiger partial charge in [-0.15, -0.1) is 11.3 Å². The number of benzene rings is 1. The van der Waals surface area contributed by atoms with Gasteiger partial charge >= 0.3 is 0 Å². The monoisotopic (exact) mass is 364 g/mol. The standard InChI is InChI=1S/C19H16N4O2S/c1-12-4-3-5-17(20-12)22-18(24)16-11-26-19-21-15(10-23(16)19)13-6-8-14(25-2)9-7-13/h3-11H,1-2H3,(H,20,22,24). The van der Waals surface area contributed by atoms with E-state index in [4.69, 9.17) is 4.74 Å². The molecule has 0 aliphatic heterocycles. The van der Waals surface area contributed by atoms with Gasteiger partial charge in [0.2, 0.25) is 0 Å². The van der Waals surface area contributed by atoms with Gasteiger partial charge in [0.05, 0.1) is 12.8 Å². The van der Waals surface area contributed by atoms with Crippen molar-refractivity contribution in [3.63, 3.8) is 0 Å². The second-order valence-electron chi connectivity index (χ2n) is 5.75. The molecular formula is C19H16N4O2S. The molecule has 130 valence electrons. The highest BCUT2D eigenvalue weighted by molar-refractivity contribution is 7.15. The Labute approximate surface area is 154 Å². The molecule has 1 aromatic carbocycles. The van der Waals surface area contributed by atoms with Crippen LogP contribution >= 0.6 is 11.3 Å². The third kappa shape index (κ3) is 3.04. The summed E-state index contributed by atoms with van der Waals surface area (Å²) in [7, 11) is 1.63. The van der Waals surface area contributed by atoms with E-state index in [1.165, 1.54) is 11.3 Å². The molecule has 0 aliphatic rings. The van der Waals surface area contributed by atoms with Gasteiger partial charge < -0.3 is 10.1 Å². The van der Waals surface area contributed by atoms with Gasteiger partial charge in [0, 0.05) is 22.8 Å². The van der Waals surface area contributed by atoms with Gasteiger partial charge in [0.1, 0.15) is 17.3 Å². The van der Waals surface area contributed by atoms with Crippen molar-refractivity contribution < 1.29 is 9.53 Å². The largest absolute Gasteiger partial charge is 0.497 e. The molecule has 0 radical (unpaired) electrons. The zero-order chi connectivity index (χ0) is 18.1. The molecule has 6 nitrogen and oxygen atoms in total. The lowest BCUT2D eigenvalue weighted by Gasteiger charge is -2.04. The lowest BCUT2D eigenvalue weighted by molar-refractivity contribution is 0.102. The highest BCUT2D eigenvalue weighted by Crippen LogP contribution is 2.25. The fraction of sp³-hybridized carbons (Fsp3) is 0.105. The van der Waals surface area contributed by atoms with Crippen molar-refractivity contribution >= 4 is 28.0 Å². The molecule has 0 spiro atoms. The van der Waals surface area contributed by atoms with Crippen molar-refractivity contribution in [3.05, 3.63) is 65.4 Å². The summed E-state index contributed by atoms with van der Waals surface area (Å²) >= 11 is 1.43. The lowest BCUT2D eigenvalue weighted by atomic mass is 10.2. The molecule has 0 aliphatic carbocycles. The fourth-order valence-electron chi connectivity index (χ4n) is 2.64. The molecule has 0 fully saturated rings. The van der Waals surface area contributed by atoms with Crippen molar-refractivity contribution in [2.75, 3.05) is 12.4 Å². The van der Waals surface area contributed by atoms with Crippen LogP contribution in [0.2, 0.25) is 0 Å². The van der Waals surface area contributed by atoms with E-state index in [-0.39, 0.29) is 5.91 Å². The van der Waals surface area contributed by atoms with Gasteiger partial charge in [-0.05, 0) is 43.3 Å². The number of imidazole rings is 1. The van der Waals surface area contributed by atoms with Crippen LogP contribution in [0.5, 0.6) is 5.75 Å². The van der Waals surface area contributed by atoms with E-state index in [1.807, 2.05) is 49.5 Å². The Balaban J connectivity index is 1.64. The fourth-order valence-corrected chi connectivity index (χ4v) is 3.49. The van der Waals surface area contributed by atoms with Crippen molar-refractivity contribution in [2.24, 2.45) is 0 Å². The lowest BCUT2D eigenvalue weighted by Crippen LogP contribution is -2.14.